The van der Waals surface area contributed by atoms with Gasteiger partial charge in [-0.3, -0.25) is 0 Å². The first-order valence-corrected chi connectivity index (χ1v) is 8.47. The number of hydrogen-bond donors (Lipinski definition) is 1. The second kappa shape index (κ2) is 6.85. The van der Waals surface area contributed by atoms with Crippen LogP contribution >= 0.6 is 11.6 Å². The quantitative estimate of drug-likeness (QED) is 0.826. The highest BCUT2D eigenvalue weighted by Gasteiger charge is 2.31. The van der Waals surface area contributed by atoms with Gasteiger partial charge in [-0.05, 0) is 39.8 Å². The Balaban J connectivity index is 3.61. The first-order valence-electron chi connectivity index (χ1n) is 6.61. The SMILES string of the molecule is CCOc1c(C(=O)OC)ccc(Cl)c1S(=O)(=O)NC(C)(C)C. The number of esters is 1. The summed E-state index contributed by atoms with van der Waals surface area (Å²) in [5.41, 5.74) is -0.713. The molecule has 0 aliphatic heterocycles. The Morgan fingerprint density at radius 1 is 1.32 bits per heavy atom. The second-order valence-corrected chi connectivity index (χ2v) is 7.56. The highest BCUT2D eigenvalue weighted by molar-refractivity contribution is 7.89. The van der Waals surface area contributed by atoms with Crippen LogP contribution in [0.1, 0.15) is 38.1 Å². The lowest BCUT2D eigenvalue weighted by Crippen LogP contribution is -2.40. The van der Waals surface area contributed by atoms with E-state index >= 15 is 0 Å². The van der Waals surface area contributed by atoms with Gasteiger partial charge in [-0.1, -0.05) is 11.6 Å². The third-order valence-corrected chi connectivity index (χ3v) is 4.72. The van der Waals surface area contributed by atoms with Crippen molar-refractivity contribution in [1.82, 2.24) is 4.72 Å². The van der Waals surface area contributed by atoms with E-state index in [-0.39, 0.29) is 27.8 Å². The summed E-state index contributed by atoms with van der Waals surface area (Å²) in [5.74, 6) is -0.814. The van der Waals surface area contributed by atoms with Crippen molar-refractivity contribution in [2.45, 2.75) is 38.1 Å². The van der Waals surface area contributed by atoms with E-state index in [0.29, 0.717) is 0 Å². The maximum Gasteiger partial charge on any atom is 0.341 e. The smallest absolute Gasteiger partial charge is 0.341 e. The summed E-state index contributed by atoms with van der Waals surface area (Å²) < 4.78 is 37.7. The molecule has 1 aromatic rings. The van der Waals surface area contributed by atoms with Gasteiger partial charge < -0.3 is 9.47 Å². The number of rotatable bonds is 5. The van der Waals surface area contributed by atoms with Crippen molar-refractivity contribution in [2.24, 2.45) is 0 Å². The van der Waals surface area contributed by atoms with Gasteiger partial charge >= 0.3 is 5.97 Å². The number of methoxy groups -OCH3 is 1. The zero-order valence-electron chi connectivity index (χ0n) is 13.2. The molecular formula is C14H20ClNO5S. The standard InChI is InChI=1S/C14H20ClNO5S/c1-6-21-11-9(13(17)20-5)7-8-10(15)12(11)22(18,19)16-14(2,3)4/h7-8,16H,6H2,1-5H3. The van der Waals surface area contributed by atoms with Crippen molar-refractivity contribution in [3.63, 3.8) is 0 Å². The Morgan fingerprint density at radius 3 is 2.36 bits per heavy atom. The van der Waals surface area contributed by atoms with Crippen molar-refractivity contribution in [1.29, 1.82) is 0 Å². The highest BCUT2D eigenvalue weighted by atomic mass is 35.5. The summed E-state index contributed by atoms with van der Waals surface area (Å²) in [5, 5.41) is -0.0344. The van der Waals surface area contributed by atoms with Gasteiger partial charge in [0.05, 0.1) is 18.7 Å². The van der Waals surface area contributed by atoms with Crippen LogP contribution in [0.3, 0.4) is 0 Å². The summed E-state index contributed by atoms with van der Waals surface area (Å²) in [6, 6.07) is 2.70. The maximum absolute atomic E-state index is 12.6. The third-order valence-electron chi connectivity index (χ3n) is 2.47. The molecule has 0 atom stereocenters. The van der Waals surface area contributed by atoms with E-state index in [9.17, 15) is 13.2 Å². The van der Waals surface area contributed by atoms with Crippen LogP contribution in [0.4, 0.5) is 0 Å². The molecular weight excluding hydrogens is 330 g/mol. The number of benzene rings is 1. The molecule has 22 heavy (non-hydrogen) atoms. The van der Waals surface area contributed by atoms with Gasteiger partial charge in [0.1, 0.15) is 10.5 Å². The molecule has 6 nitrogen and oxygen atoms in total. The summed E-state index contributed by atoms with van der Waals surface area (Å²) in [6.07, 6.45) is 0. The molecule has 0 radical (unpaired) electrons. The topological polar surface area (TPSA) is 81.7 Å². The zero-order chi connectivity index (χ0) is 17.1. The van der Waals surface area contributed by atoms with E-state index in [1.807, 2.05) is 0 Å². The van der Waals surface area contributed by atoms with Gasteiger partial charge in [0.2, 0.25) is 10.0 Å². The average molecular weight is 350 g/mol. The minimum absolute atomic E-state index is 0.00281. The molecule has 8 heteroatoms. The molecule has 124 valence electrons. The fourth-order valence-corrected chi connectivity index (χ4v) is 3.90. The molecule has 0 aromatic heterocycles. The summed E-state index contributed by atoms with van der Waals surface area (Å²) in [7, 11) is -2.78. The zero-order valence-corrected chi connectivity index (χ0v) is 14.8. The fourth-order valence-electron chi connectivity index (χ4n) is 1.80. The predicted molar refractivity (Wildman–Crippen MR) is 84.0 cm³/mol. The number of halogens is 1. The highest BCUT2D eigenvalue weighted by Crippen LogP contribution is 2.35. The van der Waals surface area contributed by atoms with E-state index in [1.54, 1.807) is 27.7 Å². The molecule has 1 aromatic carbocycles. The monoisotopic (exact) mass is 349 g/mol. The average Bonchev–Trinajstić information content (AvgIpc) is 2.35. The van der Waals surface area contributed by atoms with E-state index < -0.39 is 21.5 Å². The second-order valence-electron chi connectivity index (χ2n) is 5.53. The Morgan fingerprint density at radius 2 is 1.91 bits per heavy atom. The van der Waals surface area contributed by atoms with Crippen molar-refractivity contribution < 1.29 is 22.7 Å². The Kier molecular flexibility index (Phi) is 5.83. The molecule has 0 saturated heterocycles. The lowest BCUT2D eigenvalue weighted by molar-refractivity contribution is 0.0595. The van der Waals surface area contributed by atoms with Crippen molar-refractivity contribution in [3.8, 4) is 5.75 Å². The fraction of sp³-hybridized carbons (Fsp3) is 0.500. The molecule has 0 bridgehead atoms. The molecule has 0 spiro atoms. The van der Waals surface area contributed by atoms with Gasteiger partial charge in [-0.2, -0.15) is 0 Å². The first kappa shape index (κ1) is 18.7. The van der Waals surface area contributed by atoms with Gasteiger partial charge in [0.25, 0.3) is 0 Å². The van der Waals surface area contributed by atoms with Gasteiger partial charge in [-0.25, -0.2) is 17.9 Å². The maximum atomic E-state index is 12.6. The molecule has 0 aliphatic rings. The largest absolute Gasteiger partial charge is 0.491 e. The van der Waals surface area contributed by atoms with Crippen LogP contribution in [-0.2, 0) is 14.8 Å². The van der Waals surface area contributed by atoms with Crippen molar-refractivity contribution in [2.75, 3.05) is 13.7 Å². The molecule has 0 fully saturated rings. The van der Waals surface area contributed by atoms with Gasteiger partial charge in [-0.15, -0.1) is 0 Å². The van der Waals surface area contributed by atoms with Crippen molar-refractivity contribution in [3.05, 3.63) is 22.7 Å². The number of ether oxygens (including phenoxy) is 2. The predicted octanol–water partition coefficient (Wildman–Crippen LogP) is 2.60. The normalized spacial score (nSPS) is 12.1. The summed E-state index contributed by atoms with van der Waals surface area (Å²) in [4.78, 5) is 11.6. The lowest BCUT2D eigenvalue weighted by atomic mass is 10.1. The number of nitrogens with one attached hydrogen (secondary N) is 1. The van der Waals surface area contributed by atoms with Crippen LogP contribution in [0.25, 0.3) is 0 Å². The van der Waals surface area contributed by atoms with E-state index in [1.165, 1.54) is 19.2 Å². The molecule has 1 rings (SSSR count). The van der Waals surface area contributed by atoms with Crippen LogP contribution in [0.5, 0.6) is 5.75 Å². The van der Waals surface area contributed by atoms with Crippen LogP contribution in [0.15, 0.2) is 17.0 Å². The van der Waals surface area contributed by atoms with Crippen LogP contribution in [0.2, 0.25) is 5.02 Å². The van der Waals surface area contributed by atoms with Crippen LogP contribution in [-0.4, -0.2) is 33.6 Å². The van der Waals surface area contributed by atoms with Crippen LogP contribution < -0.4 is 9.46 Å². The van der Waals surface area contributed by atoms with E-state index in [4.69, 9.17) is 16.3 Å². The van der Waals surface area contributed by atoms with E-state index in [0.717, 1.165) is 0 Å². The Hall–Kier alpha value is -1.31. The number of carbonyl (C=O) groups is 1. The van der Waals surface area contributed by atoms with Crippen LogP contribution in [0, 0.1) is 0 Å². The first-order chi connectivity index (χ1) is 10.0. The third kappa shape index (κ3) is 4.34. The Labute approximate surface area is 135 Å². The molecule has 0 aliphatic carbocycles. The lowest BCUT2D eigenvalue weighted by Gasteiger charge is -2.22. The minimum atomic E-state index is -3.98. The molecule has 0 heterocycles. The molecule has 0 unspecified atom stereocenters. The number of carbonyl (C=O) groups excluding carboxylic acids is 1. The number of hydrogen-bond acceptors (Lipinski definition) is 5. The molecule has 1 N–H and O–H groups in total. The summed E-state index contributed by atoms with van der Waals surface area (Å²) >= 11 is 6.05. The van der Waals surface area contributed by atoms with Crippen molar-refractivity contribution >= 4 is 27.6 Å². The molecule has 0 amide bonds. The van der Waals surface area contributed by atoms with Gasteiger partial charge in [0, 0.05) is 5.54 Å². The van der Waals surface area contributed by atoms with E-state index in [2.05, 4.69) is 9.46 Å². The number of sulfonamides is 1. The minimum Gasteiger partial charge on any atom is -0.491 e. The molecule has 0 saturated carbocycles. The Bertz CT molecular complexity index is 665. The summed E-state index contributed by atoms with van der Waals surface area (Å²) in [6.45, 7) is 6.94. The van der Waals surface area contributed by atoms with Gasteiger partial charge in [0.15, 0.2) is 5.75 Å².